The summed E-state index contributed by atoms with van der Waals surface area (Å²) in [6.07, 6.45) is -4.20. The third kappa shape index (κ3) is 1.68. The predicted molar refractivity (Wildman–Crippen MR) is 50.3 cm³/mol. The molecule has 86 valence electrons. The summed E-state index contributed by atoms with van der Waals surface area (Å²) in [5, 5.41) is 13.3. The fourth-order valence-corrected chi connectivity index (χ4v) is 1.71. The van der Waals surface area contributed by atoms with Crippen molar-refractivity contribution in [3.8, 4) is 0 Å². The third-order valence-corrected chi connectivity index (χ3v) is 2.43. The van der Waals surface area contributed by atoms with Gasteiger partial charge in [-0.15, -0.1) is 0 Å². The Bertz CT molecular complexity index is 457. The van der Waals surface area contributed by atoms with E-state index in [1.54, 1.807) is 0 Å². The van der Waals surface area contributed by atoms with Gasteiger partial charge in [-0.25, -0.2) is 0 Å². The summed E-state index contributed by atoms with van der Waals surface area (Å²) >= 11 is 0. The molecule has 1 N–H and O–H groups in total. The molecule has 1 aromatic carbocycles. The lowest BCUT2D eigenvalue weighted by atomic mass is 10.1. The molecule has 0 saturated carbocycles. The standard InChI is InChI=1S/C9H7F3N2O2/c10-9(11,12)6-4-7-5(1-2-13-7)3-8(6)14(15)16/h3-4,13H,1-2H2. The maximum atomic E-state index is 12.5. The molecule has 0 aliphatic carbocycles. The van der Waals surface area contributed by atoms with Gasteiger partial charge in [-0.05, 0) is 18.1 Å². The molecule has 16 heavy (non-hydrogen) atoms. The largest absolute Gasteiger partial charge is 0.423 e. The molecule has 1 aliphatic heterocycles. The van der Waals surface area contributed by atoms with Gasteiger partial charge in [0.25, 0.3) is 5.69 Å². The Balaban J connectivity index is 2.62. The zero-order valence-corrected chi connectivity index (χ0v) is 7.97. The first-order valence-electron chi connectivity index (χ1n) is 4.52. The topological polar surface area (TPSA) is 55.2 Å². The van der Waals surface area contributed by atoms with Crippen LogP contribution in [0.25, 0.3) is 0 Å². The average molecular weight is 232 g/mol. The molecule has 0 amide bonds. The van der Waals surface area contributed by atoms with Crippen LogP contribution in [0.3, 0.4) is 0 Å². The number of hydrogen-bond acceptors (Lipinski definition) is 3. The van der Waals surface area contributed by atoms with E-state index in [4.69, 9.17) is 0 Å². The zero-order chi connectivity index (χ0) is 11.9. The van der Waals surface area contributed by atoms with Crippen molar-refractivity contribution >= 4 is 11.4 Å². The first-order chi connectivity index (χ1) is 7.39. The Morgan fingerprint density at radius 3 is 2.62 bits per heavy atom. The Labute approximate surface area is 88.2 Å². The number of halogens is 3. The number of nitrogens with zero attached hydrogens (tertiary/aromatic N) is 1. The van der Waals surface area contributed by atoms with Crippen molar-refractivity contribution in [1.82, 2.24) is 0 Å². The van der Waals surface area contributed by atoms with Gasteiger partial charge in [-0.1, -0.05) is 0 Å². The molecule has 0 aromatic heterocycles. The number of nitrogens with one attached hydrogen (secondary N) is 1. The molecule has 4 nitrogen and oxygen atoms in total. The fourth-order valence-electron chi connectivity index (χ4n) is 1.71. The molecular formula is C9H7F3N2O2. The minimum absolute atomic E-state index is 0.331. The number of hydrogen-bond donors (Lipinski definition) is 1. The Hall–Kier alpha value is -1.79. The minimum Gasteiger partial charge on any atom is -0.384 e. The van der Waals surface area contributed by atoms with E-state index < -0.39 is 22.4 Å². The summed E-state index contributed by atoms with van der Waals surface area (Å²) in [5.41, 5.74) is -1.20. The van der Waals surface area contributed by atoms with Gasteiger partial charge >= 0.3 is 6.18 Å². The Kier molecular flexibility index (Phi) is 2.25. The molecule has 0 radical (unpaired) electrons. The van der Waals surface area contributed by atoms with Crippen LogP contribution in [-0.2, 0) is 12.6 Å². The van der Waals surface area contributed by atoms with Crippen molar-refractivity contribution in [2.75, 3.05) is 11.9 Å². The van der Waals surface area contributed by atoms with E-state index in [-0.39, 0.29) is 0 Å². The molecule has 2 rings (SSSR count). The van der Waals surface area contributed by atoms with Gasteiger partial charge in [0.2, 0.25) is 0 Å². The summed E-state index contributed by atoms with van der Waals surface area (Å²) < 4.78 is 37.6. The van der Waals surface area contributed by atoms with Gasteiger partial charge < -0.3 is 5.32 Å². The summed E-state index contributed by atoms with van der Waals surface area (Å²) in [4.78, 5) is 9.55. The molecule has 1 aromatic rings. The molecule has 0 fully saturated rings. The molecule has 0 saturated heterocycles. The number of nitro groups is 1. The van der Waals surface area contributed by atoms with Crippen LogP contribution < -0.4 is 5.32 Å². The highest BCUT2D eigenvalue weighted by Crippen LogP contribution is 2.40. The highest BCUT2D eigenvalue weighted by molar-refractivity contribution is 5.63. The monoisotopic (exact) mass is 232 g/mol. The molecular weight excluding hydrogens is 225 g/mol. The number of alkyl halides is 3. The first-order valence-corrected chi connectivity index (χ1v) is 4.52. The van der Waals surface area contributed by atoms with Crippen LogP contribution in [0.2, 0.25) is 0 Å². The van der Waals surface area contributed by atoms with E-state index in [1.165, 1.54) is 0 Å². The Morgan fingerprint density at radius 2 is 2.06 bits per heavy atom. The highest BCUT2D eigenvalue weighted by Gasteiger charge is 2.39. The van der Waals surface area contributed by atoms with Crippen molar-refractivity contribution in [3.63, 3.8) is 0 Å². The van der Waals surface area contributed by atoms with Gasteiger partial charge in [-0.3, -0.25) is 10.1 Å². The number of nitro benzene ring substituents is 1. The first kappa shape index (κ1) is 10.7. The second kappa shape index (κ2) is 3.36. The van der Waals surface area contributed by atoms with E-state index in [2.05, 4.69) is 5.32 Å². The number of rotatable bonds is 1. The Morgan fingerprint density at radius 1 is 1.38 bits per heavy atom. The van der Waals surface area contributed by atoms with Crippen LogP contribution in [0.15, 0.2) is 12.1 Å². The average Bonchev–Trinajstić information content (AvgIpc) is 2.60. The lowest BCUT2D eigenvalue weighted by molar-refractivity contribution is -0.388. The van der Waals surface area contributed by atoms with Gasteiger partial charge in [0.05, 0.1) is 4.92 Å². The van der Waals surface area contributed by atoms with E-state index in [9.17, 15) is 23.3 Å². The highest BCUT2D eigenvalue weighted by atomic mass is 19.4. The number of benzene rings is 1. The lowest BCUT2D eigenvalue weighted by Crippen LogP contribution is -2.09. The number of anilines is 1. The van der Waals surface area contributed by atoms with Gasteiger partial charge in [0, 0.05) is 18.3 Å². The van der Waals surface area contributed by atoms with Crippen LogP contribution in [0.4, 0.5) is 24.5 Å². The quantitative estimate of drug-likeness (QED) is 0.598. The van der Waals surface area contributed by atoms with E-state index in [1.807, 2.05) is 0 Å². The van der Waals surface area contributed by atoms with E-state index >= 15 is 0 Å². The van der Waals surface area contributed by atoms with Crippen molar-refractivity contribution in [3.05, 3.63) is 33.4 Å². The molecule has 1 aliphatic rings. The SMILES string of the molecule is O=[N+]([O-])c1cc2c(cc1C(F)(F)F)NCC2. The lowest BCUT2D eigenvalue weighted by Gasteiger charge is -2.09. The molecule has 0 bridgehead atoms. The smallest absolute Gasteiger partial charge is 0.384 e. The second-order valence-electron chi connectivity index (χ2n) is 3.46. The van der Waals surface area contributed by atoms with Crippen molar-refractivity contribution in [1.29, 1.82) is 0 Å². The van der Waals surface area contributed by atoms with Gasteiger partial charge in [-0.2, -0.15) is 13.2 Å². The van der Waals surface area contributed by atoms with Crippen LogP contribution in [0.5, 0.6) is 0 Å². The zero-order valence-electron chi connectivity index (χ0n) is 7.97. The molecule has 7 heteroatoms. The van der Waals surface area contributed by atoms with Crippen LogP contribution in [-0.4, -0.2) is 11.5 Å². The van der Waals surface area contributed by atoms with Crippen molar-refractivity contribution in [2.45, 2.75) is 12.6 Å². The van der Waals surface area contributed by atoms with Gasteiger partial charge in [0.15, 0.2) is 0 Å². The predicted octanol–water partition coefficient (Wildman–Crippen LogP) is 2.58. The summed E-state index contributed by atoms with van der Waals surface area (Å²) in [5.74, 6) is 0. The fraction of sp³-hybridized carbons (Fsp3) is 0.333. The molecule has 0 spiro atoms. The van der Waals surface area contributed by atoms with Crippen molar-refractivity contribution in [2.24, 2.45) is 0 Å². The van der Waals surface area contributed by atoms with Crippen molar-refractivity contribution < 1.29 is 18.1 Å². The second-order valence-corrected chi connectivity index (χ2v) is 3.46. The van der Waals surface area contributed by atoms with Crippen LogP contribution in [0.1, 0.15) is 11.1 Å². The normalized spacial score (nSPS) is 14.4. The van der Waals surface area contributed by atoms with E-state index in [0.717, 1.165) is 12.1 Å². The summed E-state index contributed by atoms with van der Waals surface area (Å²) in [6, 6.07) is 1.80. The maximum absolute atomic E-state index is 12.5. The van der Waals surface area contributed by atoms with Crippen LogP contribution in [0, 0.1) is 10.1 Å². The third-order valence-electron chi connectivity index (χ3n) is 2.43. The molecule has 0 unspecified atom stereocenters. The van der Waals surface area contributed by atoms with Gasteiger partial charge in [0.1, 0.15) is 5.56 Å². The summed E-state index contributed by atoms with van der Waals surface area (Å²) in [6.45, 7) is 0.508. The maximum Gasteiger partial charge on any atom is 0.423 e. The van der Waals surface area contributed by atoms with E-state index in [0.29, 0.717) is 24.2 Å². The minimum atomic E-state index is -4.71. The molecule has 1 heterocycles. The number of fused-ring (bicyclic) bond motifs is 1. The molecule has 0 atom stereocenters. The van der Waals surface area contributed by atoms with Crippen LogP contribution >= 0.6 is 0 Å². The summed E-state index contributed by atoms with van der Waals surface area (Å²) in [7, 11) is 0.